The van der Waals surface area contributed by atoms with Crippen molar-refractivity contribution in [2.45, 2.75) is 6.04 Å². The Morgan fingerprint density at radius 2 is 2.44 bits per heavy atom. The van der Waals surface area contributed by atoms with Gasteiger partial charge in [0.2, 0.25) is 5.65 Å². The fourth-order valence-corrected chi connectivity index (χ4v) is 2.13. The third kappa shape index (κ3) is 1.66. The second kappa shape index (κ2) is 4.22. The van der Waals surface area contributed by atoms with Crippen LogP contribution in [0.4, 0.5) is 5.82 Å². The Bertz CT molecular complexity index is 583. The number of anilines is 1. The number of nitrogens with one attached hydrogen (secondary N) is 1. The number of fused-ring (bicyclic) bond motifs is 1. The van der Waals surface area contributed by atoms with Crippen LogP contribution in [0.15, 0.2) is 18.7 Å². The van der Waals surface area contributed by atoms with E-state index >= 15 is 0 Å². The van der Waals surface area contributed by atoms with Crippen LogP contribution < -0.4 is 10.2 Å². The van der Waals surface area contributed by atoms with E-state index < -0.39 is 12.0 Å². The minimum absolute atomic E-state index is 0.395. The molecule has 1 fully saturated rings. The summed E-state index contributed by atoms with van der Waals surface area (Å²) in [5.74, 6) is -0.311. The molecule has 1 aliphatic heterocycles. The summed E-state index contributed by atoms with van der Waals surface area (Å²) >= 11 is 0. The molecule has 2 aromatic rings. The van der Waals surface area contributed by atoms with Crippen molar-refractivity contribution in [3.63, 3.8) is 0 Å². The smallest absolute Gasteiger partial charge is 0.327 e. The molecule has 1 saturated heterocycles. The molecule has 2 N–H and O–H groups in total. The van der Waals surface area contributed by atoms with Crippen LogP contribution >= 0.6 is 0 Å². The summed E-state index contributed by atoms with van der Waals surface area (Å²) in [7, 11) is 0. The lowest BCUT2D eigenvalue weighted by atomic mass is 10.2. The maximum Gasteiger partial charge on any atom is 0.327 e. The Balaban J connectivity index is 2.06. The standard InChI is InChI=1S/C10H12N6O2/c17-10(18)7-5-11-1-4-16(7)8-9-14-13-6-15(9)3-2-12-8/h2-3,6-7,11H,1,4-5H2,(H,17,18). The van der Waals surface area contributed by atoms with Crippen molar-refractivity contribution in [1.82, 2.24) is 24.9 Å². The summed E-state index contributed by atoms with van der Waals surface area (Å²) in [4.78, 5) is 17.3. The molecule has 0 saturated carbocycles. The maximum absolute atomic E-state index is 11.3. The molecule has 2 aromatic heterocycles. The van der Waals surface area contributed by atoms with Gasteiger partial charge < -0.3 is 15.3 Å². The zero-order valence-electron chi connectivity index (χ0n) is 9.52. The lowest BCUT2D eigenvalue weighted by molar-refractivity contribution is -0.138. The first kappa shape index (κ1) is 10.9. The molecule has 1 unspecified atom stereocenters. The van der Waals surface area contributed by atoms with Crippen LogP contribution in [0.25, 0.3) is 5.65 Å². The van der Waals surface area contributed by atoms with Crippen LogP contribution in [0.5, 0.6) is 0 Å². The van der Waals surface area contributed by atoms with Gasteiger partial charge in [-0.3, -0.25) is 4.40 Å². The Kier molecular flexibility index (Phi) is 2.56. The number of hydrogen-bond donors (Lipinski definition) is 2. The maximum atomic E-state index is 11.3. The molecule has 0 aliphatic carbocycles. The predicted octanol–water partition coefficient (Wildman–Crippen LogP) is -1.01. The van der Waals surface area contributed by atoms with E-state index in [1.807, 2.05) is 0 Å². The molecular weight excluding hydrogens is 236 g/mol. The van der Waals surface area contributed by atoms with Crippen molar-refractivity contribution in [3.05, 3.63) is 18.7 Å². The highest BCUT2D eigenvalue weighted by atomic mass is 16.4. The number of carbonyl (C=O) groups is 1. The molecule has 8 nitrogen and oxygen atoms in total. The molecule has 18 heavy (non-hydrogen) atoms. The minimum atomic E-state index is -0.870. The Labute approximate surface area is 102 Å². The monoisotopic (exact) mass is 248 g/mol. The highest BCUT2D eigenvalue weighted by Crippen LogP contribution is 2.19. The zero-order chi connectivity index (χ0) is 12.5. The number of rotatable bonds is 2. The Hall–Kier alpha value is -2.22. The number of aliphatic carboxylic acids is 1. The van der Waals surface area contributed by atoms with Crippen LogP contribution in [0.1, 0.15) is 0 Å². The van der Waals surface area contributed by atoms with Crippen molar-refractivity contribution in [1.29, 1.82) is 0 Å². The van der Waals surface area contributed by atoms with Crippen LogP contribution in [-0.4, -0.2) is 56.3 Å². The van der Waals surface area contributed by atoms with Crippen molar-refractivity contribution in [3.8, 4) is 0 Å². The van der Waals surface area contributed by atoms with E-state index in [0.29, 0.717) is 24.6 Å². The first-order valence-corrected chi connectivity index (χ1v) is 5.62. The Morgan fingerprint density at radius 3 is 3.28 bits per heavy atom. The summed E-state index contributed by atoms with van der Waals surface area (Å²) in [5.41, 5.74) is 0.575. The van der Waals surface area contributed by atoms with Gasteiger partial charge in [-0.2, -0.15) is 0 Å². The largest absolute Gasteiger partial charge is 0.480 e. The Morgan fingerprint density at radius 1 is 1.56 bits per heavy atom. The summed E-state index contributed by atoms with van der Waals surface area (Å²) in [6.45, 7) is 1.70. The lowest BCUT2D eigenvalue weighted by Crippen LogP contribution is -2.55. The third-order valence-corrected chi connectivity index (χ3v) is 3.00. The molecule has 0 bridgehead atoms. The van der Waals surface area contributed by atoms with Gasteiger partial charge >= 0.3 is 5.97 Å². The van der Waals surface area contributed by atoms with Gasteiger partial charge in [-0.25, -0.2) is 9.78 Å². The van der Waals surface area contributed by atoms with Gasteiger partial charge in [0.25, 0.3) is 0 Å². The molecule has 8 heteroatoms. The van der Waals surface area contributed by atoms with Gasteiger partial charge in [-0.15, -0.1) is 10.2 Å². The first-order chi connectivity index (χ1) is 8.77. The number of nitrogens with zero attached hydrogens (tertiary/aromatic N) is 5. The van der Waals surface area contributed by atoms with Crippen LogP contribution in [0, 0.1) is 0 Å². The van der Waals surface area contributed by atoms with E-state index in [2.05, 4.69) is 20.5 Å². The summed E-state index contributed by atoms with van der Waals surface area (Å²) in [6.07, 6.45) is 4.92. The van der Waals surface area contributed by atoms with Gasteiger partial charge in [0.15, 0.2) is 5.82 Å². The highest BCUT2D eigenvalue weighted by Gasteiger charge is 2.30. The fraction of sp³-hybridized carbons (Fsp3) is 0.400. The number of aromatic nitrogens is 4. The van der Waals surface area contributed by atoms with E-state index in [1.165, 1.54) is 0 Å². The number of carboxylic acid groups (broad SMARTS) is 1. The first-order valence-electron chi connectivity index (χ1n) is 5.62. The average molecular weight is 248 g/mol. The van der Waals surface area contributed by atoms with Crippen LogP contribution in [-0.2, 0) is 4.79 Å². The van der Waals surface area contributed by atoms with Gasteiger partial charge in [-0.1, -0.05) is 0 Å². The summed E-state index contributed by atoms with van der Waals surface area (Å²) in [6, 6.07) is -0.630. The van der Waals surface area contributed by atoms with Crippen molar-refractivity contribution < 1.29 is 9.90 Å². The van der Waals surface area contributed by atoms with Crippen molar-refractivity contribution >= 4 is 17.4 Å². The van der Waals surface area contributed by atoms with Gasteiger partial charge in [-0.05, 0) is 0 Å². The van der Waals surface area contributed by atoms with Crippen molar-refractivity contribution in [2.24, 2.45) is 0 Å². The number of carboxylic acids is 1. The molecule has 0 spiro atoms. The van der Waals surface area contributed by atoms with Gasteiger partial charge in [0.05, 0.1) is 0 Å². The molecule has 0 amide bonds. The van der Waals surface area contributed by atoms with Crippen LogP contribution in [0.3, 0.4) is 0 Å². The SMILES string of the molecule is O=C(O)C1CNCCN1c1nccn2cnnc12. The second-order valence-corrected chi connectivity index (χ2v) is 4.06. The van der Waals surface area contributed by atoms with E-state index in [0.717, 1.165) is 6.54 Å². The summed E-state index contributed by atoms with van der Waals surface area (Å²) in [5, 5.41) is 20.1. The van der Waals surface area contributed by atoms with E-state index in [-0.39, 0.29) is 0 Å². The predicted molar refractivity (Wildman–Crippen MR) is 62.4 cm³/mol. The normalized spacial score (nSPS) is 20.2. The lowest BCUT2D eigenvalue weighted by Gasteiger charge is -2.34. The number of hydrogen-bond acceptors (Lipinski definition) is 6. The van der Waals surface area contributed by atoms with Gasteiger partial charge in [0.1, 0.15) is 12.4 Å². The summed E-state index contributed by atoms with van der Waals surface area (Å²) < 4.78 is 1.73. The van der Waals surface area contributed by atoms with E-state index in [9.17, 15) is 9.90 Å². The van der Waals surface area contributed by atoms with Gasteiger partial charge in [0, 0.05) is 32.0 Å². The average Bonchev–Trinajstić information content (AvgIpc) is 2.86. The molecule has 0 aromatic carbocycles. The second-order valence-electron chi connectivity index (χ2n) is 4.06. The third-order valence-electron chi connectivity index (χ3n) is 3.00. The molecule has 3 rings (SSSR count). The minimum Gasteiger partial charge on any atom is -0.480 e. The molecule has 3 heterocycles. The van der Waals surface area contributed by atoms with Crippen LogP contribution in [0.2, 0.25) is 0 Å². The highest BCUT2D eigenvalue weighted by molar-refractivity contribution is 5.80. The number of piperazine rings is 1. The quantitative estimate of drug-likeness (QED) is 0.702. The molecule has 1 aliphatic rings. The van der Waals surface area contributed by atoms with Crippen molar-refractivity contribution in [2.75, 3.05) is 24.5 Å². The van der Waals surface area contributed by atoms with E-state index in [1.54, 1.807) is 28.0 Å². The molecule has 1 atom stereocenters. The zero-order valence-corrected chi connectivity index (χ0v) is 9.52. The molecular formula is C10H12N6O2. The molecule has 94 valence electrons. The van der Waals surface area contributed by atoms with E-state index in [4.69, 9.17) is 0 Å². The fourth-order valence-electron chi connectivity index (χ4n) is 2.13. The topological polar surface area (TPSA) is 95.7 Å². The molecule has 0 radical (unpaired) electrons.